The first-order valence-corrected chi connectivity index (χ1v) is 5.00. The molecule has 0 radical (unpaired) electrons. The fraction of sp³-hybridized carbons (Fsp3) is 0.900. The summed E-state index contributed by atoms with van der Waals surface area (Å²) in [5, 5.41) is 8.48. The van der Waals surface area contributed by atoms with Gasteiger partial charge in [-0.05, 0) is 13.3 Å². The van der Waals surface area contributed by atoms with Gasteiger partial charge in [-0.25, -0.2) is 4.89 Å². The van der Waals surface area contributed by atoms with Crippen LogP contribution in [-0.2, 0) is 9.68 Å². The van der Waals surface area contributed by atoms with Crippen molar-refractivity contribution in [3.8, 4) is 0 Å². The van der Waals surface area contributed by atoms with Crippen molar-refractivity contribution in [1.29, 1.82) is 0 Å². The lowest BCUT2D eigenvalue weighted by molar-refractivity contribution is -0.279. The third-order valence-electron chi connectivity index (χ3n) is 2.04. The quantitative estimate of drug-likeness (QED) is 0.362. The second-order valence-electron chi connectivity index (χ2n) is 3.48. The summed E-state index contributed by atoms with van der Waals surface area (Å²) in [5.41, 5.74) is 0. The zero-order chi connectivity index (χ0) is 10.1. The molecule has 0 aromatic heterocycles. The van der Waals surface area contributed by atoms with E-state index in [1.165, 1.54) is 19.8 Å². The van der Waals surface area contributed by atoms with Gasteiger partial charge < -0.3 is 0 Å². The Hall–Kier alpha value is -0.410. The summed E-state index contributed by atoms with van der Waals surface area (Å²) in [6, 6.07) is 0. The van der Waals surface area contributed by atoms with Gasteiger partial charge in [0, 0.05) is 6.42 Å². The van der Waals surface area contributed by atoms with Crippen molar-refractivity contribution in [2.75, 3.05) is 0 Å². The van der Waals surface area contributed by atoms with Gasteiger partial charge in [-0.2, -0.15) is 0 Å². The normalized spacial score (nSPS) is 12.8. The summed E-state index contributed by atoms with van der Waals surface area (Å²) >= 11 is 0. The molecule has 0 unspecified atom stereocenters. The van der Waals surface area contributed by atoms with Crippen LogP contribution in [-0.4, -0.2) is 17.1 Å². The topological polar surface area (TPSA) is 46.5 Å². The lowest BCUT2D eigenvalue weighted by Gasteiger charge is -2.10. The maximum absolute atomic E-state index is 10.7. The Morgan fingerprint density at radius 1 is 1.38 bits per heavy atom. The molecule has 0 aromatic rings. The summed E-state index contributed by atoms with van der Waals surface area (Å²) in [4.78, 5) is 14.9. The molecule has 1 atom stereocenters. The molecule has 1 N–H and O–H groups in total. The molecular formula is C10H20O3. The van der Waals surface area contributed by atoms with E-state index in [-0.39, 0.29) is 11.9 Å². The van der Waals surface area contributed by atoms with Crippen LogP contribution in [0.25, 0.3) is 0 Å². The molecule has 78 valence electrons. The monoisotopic (exact) mass is 188 g/mol. The highest BCUT2D eigenvalue weighted by atomic mass is 17.1. The van der Waals surface area contributed by atoms with Gasteiger partial charge in [-0.3, -0.25) is 10.1 Å². The molecule has 0 amide bonds. The Morgan fingerprint density at radius 3 is 2.54 bits per heavy atom. The lowest BCUT2D eigenvalue weighted by atomic mass is 10.1. The van der Waals surface area contributed by atoms with Crippen molar-refractivity contribution < 1.29 is 14.9 Å². The van der Waals surface area contributed by atoms with Crippen LogP contribution < -0.4 is 0 Å². The molecule has 0 aromatic carbocycles. The van der Waals surface area contributed by atoms with Crippen molar-refractivity contribution in [3.05, 3.63) is 0 Å². The summed E-state index contributed by atoms with van der Waals surface area (Å²) in [6.07, 6.45) is 5.36. The predicted octanol–water partition coefficient (Wildman–Crippen LogP) is 2.79. The Balaban J connectivity index is 3.42. The Morgan fingerprint density at radius 2 is 2.08 bits per heavy atom. The average Bonchev–Trinajstić information content (AvgIpc) is 2.09. The second-order valence-corrected chi connectivity index (χ2v) is 3.48. The SMILES string of the molecule is CCCCCC[C@H](CC(C)=O)OO. The van der Waals surface area contributed by atoms with Gasteiger partial charge in [0.25, 0.3) is 0 Å². The highest BCUT2D eigenvalue weighted by Gasteiger charge is 2.10. The van der Waals surface area contributed by atoms with Crippen LogP contribution >= 0.6 is 0 Å². The largest absolute Gasteiger partial charge is 0.300 e. The number of rotatable bonds is 8. The summed E-state index contributed by atoms with van der Waals surface area (Å²) in [7, 11) is 0. The van der Waals surface area contributed by atoms with Crippen molar-refractivity contribution in [2.24, 2.45) is 0 Å². The minimum atomic E-state index is -0.297. The Bertz CT molecular complexity index is 134. The third kappa shape index (κ3) is 7.94. The number of ketones is 1. The summed E-state index contributed by atoms with van der Waals surface area (Å²) in [6.45, 7) is 3.66. The van der Waals surface area contributed by atoms with Gasteiger partial charge in [-0.15, -0.1) is 0 Å². The fourth-order valence-electron chi connectivity index (χ4n) is 1.31. The first kappa shape index (κ1) is 12.6. The highest BCUT2D eigenvalue weighted by Crippen LogP contribution is 2.10. The van der Waals surface area contributed by atoms with Crippen molar-refractivity contribution in [3.63, 3.8) is 0 Å². The highest BCUT2D eigenvalue weighted by molar-refractivity contribution is 5.75. The molecule has 0 heterocycles. The van der Waals surface area contributed by atoms with Gasteiger partial charge in [0.1, 0.15) is 5.78 Å². The maximum atomic E-state index is 10.7. The van der Waals surface area contributed by atoms with E-state index in [4.69, 9.17) is 5.26 Å². The van der Waals surface area contributed by atoms with Crippen LogP contribution in [0, 0.1) is 0 Å². The van der Waals surface area contributed by atoms with E-state index in [1.54, 1.807) is 0 Å². The van der Waals surface area contributed by atoms with Crippen LogP contribution in [0.4, 0.5) is 0 Å². The minimum Gasteiger partial charge on any atom is -0.300 e. The van der Waals surface area contributed by atoms with Crippen molar-refractivity contribution in [2.45, 2.75) is 58.5 Å². The maximum Gasteiger partial charge on any atom is 0.132 e. The van der Waals surface area contributed by atoms with Gasteiger partial charge in [-0.1, -0.05) is 32.6 Å². The second kappa shape index (κ2) is 8.20. The Labute approximate surface area is 80.0 Å². The number of hydrogen-bond acceptors (Lipinski definition) is 3. The number of hydrogen-bond donors (Lipinski definition) is 1. The smallest absolute Gasteiger partial charge is 0.132 e. The van der Waals surface area contributed by atoms with Crippen molar-refractivity contribution >= 4 is 5.78 Å². The summed E-state index contributed by atoms with van der Waals surface area (Å²) in [5.74, 6) is 0.0644. The van der Waals surface area contributed by atoms with Gasteiger partial charge in [0.05, 0.1) is 6.10 Å². The fourth-order valence-corrected chi connectivity index (χ4v) is 1.31. The number of carbonyl (C=O) groups is 1. The van der Waals surface area contributed by atoms with Gasteiger partial charge in [0.15, 0.2) is 0 Å². The molecule has 3 nitrogen and oxygen atoms in total. The molecule has 0 saturated carbocycles. The Kier molecular flexibility index (Phi) is 7.94. The van der Waals surface area contributed by atoms with E-state index in [2.05, 4.69) is 11.8 Å². The number of unbranched alkanes of at least 4 members (excludes halogenated alkanes) is 3. The average molecular weight is 188 g/mol. The van der Waals surface area contributed by atoms with E-state index in [0.29, 0.717) is 6.42 Å². The van der Waals surface area contributed by atoms with Crippen LogP contribution in [0.2, 0.25) is 0 Å². The van der Waals surface area contributed by atoms with E-state index in [1.807, 2.05) is 0 Å². The molecule has 0 aliphatic carbocycles. The molecular weight excluding hydrogens is 168 g/mol. The van der Waals surface area contributed by atoms with Gasteiger partial charge in [0.2, 0.25) is 0 Å². The third-order valence-corrected chi connectivity index (χ3v) is 2.04. The molecule has 13 heavy (non-hydrogen) atoms. The van der Waals surface area contributed by atoms with E-state index >= 15 is 0 Å². The van der Waals surface area contributed by atoms with Crippen LogP contribution in [0.3, 0.4) is 0 Å². The van der Waals surface area contributed by atoms with Crippen molar-refractivity contribution in [1.82, 2.24) is 0 Å². The summed E-state index contributed by atoms with van der Waals surface area (Å²) < 4.78 is 0. The molecule has 0 aliphatic heterocycles. The van der Waals surface area contributed by atoms with E-state index in [9.17, 15) is 4.79 Å². The van der Waals surface area contributed by atoms with Crippen LogP contribution in [0.15, 0.2) is 0 Å². The first-order valence-electron chi connectivity index (χ1n) is 5.00. The van der Waals surface area contributed by atoms with Gasteiger partial charge >= 0.3 is 0 Å². The zero-order valence-corrected chi connectivity index (χ0v) is 8.58. The number of Topliss-reactive ketones (excluding diaryl/α,β-unsaturated/α-hetero) is 1. The molecule has 0 spiro atoms. The lowest BCUT2D eigenvalue weighted by Crippen LogP contribution is -2.14. The van der Waals surface area contributed by atoms with Crippen LogP contribution in [0.1, 0.15) is 52.4 Å². The van der Waals surface area contributed by atoms with E-state index < -0.39 is 0 Å². The molecule has 0 aliphatic rings. The molecule has 0 fully saturated rings. The molecule has 0 saturated heterocycles. The molecule has 3 heteroatoms. The van der Waals surface area contributed by atoms with E-state index in [0.717, 1.165) is 19.3 Å². The minimum absolute atomic E-state index is 0.0644. The zero-order valence-electron chi connectivity index (χ0n) is 8.58. The van der Waals surface area contributed by atoms with Crippen LogP contribution in [0.5, 0.6) is 0 Å². The standard InChI is InChI=1S/C10H20O3/c1-3-4-5-6-7-10(13-12)8-9(2)11/h10,12H,3-8H2,1-2H3/t10-/m1/s1. The number of carbonyl (C=O) groups excluding carboxylic acids is 1. The molecule has 0 rings (SSSR count). The predicted molar refractivity (Wildman–Crippen MR) is 51.6 cm³/mol. The first-order chi connectivity index (χ1) is 6.20. The molecule has 0 bridgehead atoms.